The van der Waals surface area contributed by atoms with E-state index in [0.717, 1.165) is 5.71 Å². The molecule has 0 heterocycles. The Morgan fingerprint density at radius 1 is 1.25 bits per heavy atom. The lowest BCUT2D eigenvalue weighted by Crippen LogP contribution is -1.88. The molecule has 0 unspecified atom stereocenters. The third-order valence-electron chi connectivity index (χ3n) is 1.36. The van der Waals surface area contributed by atoms with E-state index in [4.69, 9.17) is 22.7 Å². The standard InChI is InChI=1S/C7H6ClNO.C3H8N2.CH4/c8-7(9-10)6-4-2-1-3-5-6;1-3(2)5-4;/h1-5,10H;4H2,1-2H3;1H4/b9-7+;;. The van der Waals surface area contributed by atoms with E-state index in [1.807, 2.05) is 32.0 Å². The summed E-state index contributed by atoms with van der Waals surface area (Å²) in [6.45, 7) is 3.69. The SMILES string of the molecule is C.CC(C)=NN.O/N=C(/Cl)c1ccccc1. The van der Waals surface area contributed by atoms with E-state index in [-0.39, 0.29) is 12.6 Å². The highest BCUT2D eigenvalue weighted by Crippen LogP contribution is 2.02. The summed E-state index contributed by atoms with van der Waals surface area (Å²) in [5.74, 6) is 4.76. The van der Waals surface area contributed by atoms with Crippen molar-refractivity contribution < 1.29 is 5.21 Å². The average Bonchev–Trinajstić information content (AvgIpc) is 2.30. The van der Waals surface area contributed by atoms with Crippen molar-refractivity contribution >= 4 is 22.5 Å². The van der Waals surface area contributed by atoms with Crippen LogP contribution in [-0.4, -0.2) is 16.1 Å². The maximum absolute atomic E-state index is 8.24. The molecule has 0 aliphatic carbocycles. The summed E-state index contributed by atoms with van der Waals surface area (Å²) in [7, 11) is 0. The molecule has 5 heteroatoms. The molecule has 16 heavy (non-hydrogen) atoms. The Balaban J connectivity index is 0. The largest absolute Gasteiger partial charge is 0.410 e. The van der Waals surface area contributed by atoms with E-state index >= 15 is 0 Å². The Morgan fingerprint density at radius 3 is 2.00 bits per heavy atom. The molecule has 0 aliphatic rings. The van der Waals surface area contributed by atoms with Gasteiger partial charge in [0.25, 0.3) is 0 Å². The van der Waals surface area contributed by atoms with Gasteiger partial charge in [-0.05, 0) is 13.8 Å². The van der Waals surface area contributed by atoms with Gasteiger partial charge in [-0.2, -0.15) is 5.10 Å². The maximum atomic E-state index is 8.24. The fourth-order valence-electron chi connectivity index (χ4n) is 0.633. The molecule has 90 valence electrons. The summed E-state index contributed by atoms with van der Waals surface area (Å²) in [5.41, 5.74) is 1.62. The van der Waals surface area contributed by atoms with E-state index in [0.29, 0.717) is 5.56 Å². The van der Waals surface area contributed by atoms with Gasteiger partial charge in [-0.15, -0.1) is 0 Å². The molecule has 1 rings (SSSR count). The average molecular weight is 244 g/mol. The summed E-state index contributed by atoms with van der Waals surface area (Å²) < 4.78 is 0. The molecule has 0 spiro atoms. The van der Waals surface area contributed by atoms with E-state index in [1.54, 1.807) is 12.1 Å². The van der Waals surface area contributed by atoms with Crippen LogP contribution in [-0.2, 0) is 0 Å². The van der Waals surface area contributed by atoms with Crippen LogP contribution in [0.2, 0.25) is 0 Å². The van der Waals surface area contributed by atoms with Crippen LogP contribution in [0.25, 0.3) is 0 Å². The predicted molar refractivity (Wildman–Crippen MR) is 70.3 cm³/mol. The molecule has 0 aromatic heterocycles. The normalized spacial score (nSPS) is 9.31. The zero-order chi connectivity index (χ0) is 11.7. The minimum absolute atomic E-state index is 0. The van der Waals surface area contributed by atoms with Gasteiger partial charge >= 0.3 is 0 Å². The van der Waals surface area contributed by atoms with Crippen molar-refractivity contribution in [1.29, 1.82) is 0 Å². The van der Waals surface area contributed by atoms with Crippen molar-refractivity contribution in [2.24, 2.45) is 16.1 Å². The Kier molecular flexibility index (Phi) is 10.5. The molecule has 0 saturated carbocycles. The van der Waals surface area contributed by atoms with Crippen LogP contribution < -0.4 is 5.84 Å². The van der Waals surface area contributed by atoms with Crippen molar-refractivity contribution in [3.8, 4) is 0 Å². The highest BCUT2D eigenvalue weighted by atomic mass is 35.5. The first-order valence-corrected chi connectivity index (χ1v) is 4.63. The van der Waals surface area contributed by atoms with Gasteiger partial charge < -0.3 is 11.0 Å². The minimum atomic E-state index is 0. The van der Waals surface area contributed by atoms with E-state index in [1.165, 1.54) is 0 Å². The fraction of sp³-hybridized carbons (Fsp3) is 0.273. The van der Waals surface area contributed by atoms with Crippen molar-refractivity contribution in [2.45, 2.75) is 21.3 Å². The zero-order valence-electron chi connectivity index (χ0n) is 8.68. The predicted octanol–water partition coefficient (Wildman–Crippen LogP) is 3.04. The topological polar surface area (TPSA) is 71.0 Å². The maximum Gasteiger partial charge on any atom is 0.175 e. The summed E-state index contributed by atoms with van der Waals surface area (Å²) in [4.78, 5) is 0. The molecule has 4 nitrogen and oxygen atoms in total. The Hall–Kier alpha value is -1.55. The summed E-state index contributed by atoms with van der Waals surface area (Å²) in [6, 6.07) is 9.04. The third kappa shape index (κ3) is 7.82. The van der Waals surface area contributed by atoms with Gasteiger partial charge in [-0.1, -0.05) is 54.5 Å². The molecule has 1 aromatic carbocycles. The van der Waals surface area contributed by atoms with Crippen LogP contribution in [0.15, 0.2) is 40.6 Å². The molecule has 0 aliphatic heterocycles. The lowest BCUT2D eigenvalue weighted by Gasteiger charge is -1.91. The van der Waals surface area contributed by atoms with Gasteiger partial charge in [0.1, 0.15) is 0 Å². The number of rotatable bonds is 1. The highest BCUT2D eigenvalue weighted by Gasteiger charge is 1.95. The number of oxime groups is 1. The number of hydrazone groups is 1. The Bertz CT molecular complexity index is 332. The van der Waals surface area contributed by atoms with Crippen molar-refractivity contribution in [3.05, 3.63) is 35.9 Å². The van der Waals surface area contributed by atoms with Crippen molar-refractivity contribution in [1.82, 2.24) is 0 Å². The van der Waals surface area contributed by atoms with Gasteiger partial charge in [-0.3, -0.25) is 0 Å². The van der Waals surface area contributed by atoms with Crippen LogP contribution in [0.4, 0.5) is 0 Å². The second-order valence-corrected chi connectivity index (χ2v) is 3.19. The third-order valence-corrected chi connectivity index (χ3v) is 1.65. The fourth-order valence-corrected chi connectivity index (χ4v) is 0.759. The highest BCUT2D eigenvalue weighted by molar-refractivity contribution is 6.69. The smallest absolute Gasteiger partial charge is 0.175 e. The molecule has 3 N–H and O–H groups in total. The van der Waals surface area contributed by atoms with Crippen LogP contribution in [0.3, 0.4) is 0 Å². The molecule has 0 radical (unpaired) electrons. The molecule has 0 atom stereocenters. The molecule has 0 amide bonds. The second kappa shape index (κ2) is 9.98. The number of hydrogen-bond acceptors (Lipinski definition) is 4. The van der Waals surface area contributed by atoms with E-state index in [2.05, 4.69) is 10.3 Å². The number of hydrogen-bond donors (Lipinski definition) is 2. The van der Waals surface area contributed by atoms with Gasteiger partial charge in [0, 0.05) is 11.3 Å². The number of nitrogens with two attached hydrogens (primary N) is 1. The first-order valence-electron chi connectivity index (χ1n) is 4.26. The summed E-state index contributed by atoms with van der Waals surface area (Å²) in [5, 5.41) is 14.5. The lowest BCUT2D eigenvalue weighted by atomic mass is 10.2. The lowest BCUT2D eigenvalue weighted by molar-refractivity contribution is 0.321. The quantitative estimate of drug-likeness (QED) is 0.344. The Morgan fingerprint density at radius 2 is 1.69 bits per heavy atom. The van der Waals surface area contributed by atoms with Gasteiger partial charge in [0.15, 0.2) is 5.17 Å². The van der Waals surface area contributed by atoms with Crippen molar-refractivity contribution in [3.63, 3.8) is 0 Å². The number of benzene rings is 1. The van der Waals surface area contributed by atoms with E-state index < -0.39 is 0 Å². The summed E-state index contributed by atoms with van der Waals surface area (Å²) in [6.07, 6.45) is 0. The minimum Gasteiger partial charge on any atom is -0.410 e. The van der Waals surface area contributed by atoms with E-state index in [9.17, 15) is 0 Å². The molecule has 0 bridgehead atoms. The van der Waals surface area contributed by atoms with Crippen molar-refractivity contribution in [2.75, 3.05) is 0 Å². The first kappa shape index (κ1) is 16.9. The molecule has 0 saturated heterocycles. The monoisotopic (exact) mass is 243 g/mol. The van der Waals surface area contributed by atoms with Crippen LogP contribution in [0, 0.1) is 0 Å². The number of nitrogens with zero attached hydrogens (tertiary/aromatic N) is 2. The second-order valence-electron chi connectivity index (χ2n) is 2.83. The number of halogens is 1. The first-order chi connectivity index (χ1) is 7.11. The summed E-state index contributed by atoms with van der Waals surface area (Å²) >= 11 is 5.49. The van der Waals surface area contributed by atoms with Crippen LogP contribution in [0.1, 0.15) is 26.8 Å². The zero-order valence-corrected chi connectivity index (χ0v) is 9.44. The van der Waals surface area contributed by atoms with Gasteiger partial charge in [0.05, 0.1) is 0 Å². The molecule has 0 fully saturated rings. The molecule has 1 aromatic rings. The van der Waals surface area contributed by atoms with Gasteiger partial charge in [-0.25, -0.2) is 0 Å². The molecular weight excluding hydrogens is 226 g/mol. The Labute approximate surface area is 101 Å². The van der Waals surface area contributed by atoms with Crippen LogP contribution >= 0.6 is 11.6 Å². The van der Waals surface area contributed by atoms with Crippen LogP contribution in [0.5, 0.6) is 0 Å². The van der Waals surface area contributed by atoms with Gasteiger partial charge in [0.2, 0.25) is 0 Å². The molecular formula is C11H18ClN3O.